The Labute approximate surface area is 178 Å². The molecule has 1 saturated heterocycles. The Kier molecular flexibility index (Phi) is 5.39. The Hall–Kier alpha value is -0.900. The molecule has 0 aromatic carbocycles. The summed E-state index contributed by atoms with van der Waals surface area (Å²) in [5.41, 5.74) is 0.349. The van der Waals surface area contributed by atoms with Crippen molar-refractivity contribution >= 4 is 29.9 Å². The molecular weight excluding hydrogens is 455 g/mol. The molecule has 2 saturated carbocycles. The van der Waals surface area contributed by atoms with Crippen LogP contribution in [0.2, 0.25) is 0 Å². The predicted octanol–water partition coefficient (Wildman–Crippen LogP) is 2.03. The van der Waals surface area contributed by atoms with Crippen molar-refractivity contribution in [3.8, 4) is 0 Å². The van der Waals surface area contributed by atoms with Crippen molar-refractivity contribution in [2.75, 3.05) is 13.7 Å². The van der Waals surface area contributed by atoms with Gasteiger partial charge in [-0.1, -0.05) is 12.8 Å². The molecule has 3 fully saturated rings. The summed E-state index contributed by atoms with van der Waals surface area (Å²) in [6.07, 6.45) is 9.00. The van der Waals surface area contributed by atoms with Crippen molar-refractivity contribution < 1.29 is 4.74 Å². The highest BCUT2D eigenvalue weighted by molar-refractivity contribution is 14.0. The molecule has 2 aliphatic carbocycles. The second-order valence-electron chi connectivity index (χ2n) is 8.52. The minimum atomic E-state index is 0. The van der Waals surface area contributed by atoms with Crippen LogP contribution in [0.5, 0.6) is 0 Å². The Balaban J connectivity index is 0.00000180. The number of ether oxygens (including phenoxy) is 1. The molecule has 1 spiro atoms. The third-order valence-corrected chi connectivity index (χ3v) is 7.11. The van der Waals surface area contributed by atoms with E-state index >= 15 is 0 Å². The number of nitrogens with zero attached hydrogens (tertiary/aromatic N) is 4. The molecule has 4 aliphatic rings. The van der Waals surface area contributed by atoms with Gasteiger partial charge in [-0.3, -0.25) is 4.99 Å². The molecule has 7 nitrogen and oxygen atoms in total. The van der Waals surface area contributed by atoms with Crippen molar-refractivity contribution in [3.63, 3.8) is 0 Å². The van der Waals surface area contributed by atoms with Crippen LogP contribution < -0.4 is 10.6 Å². The lowest BCUT2D eigenvalue weighted by Crippen LogP contribution is -2.69. The first-order valence-corrected chi connectivity index (χ1v) is 10.2. The molecule has 1 aromatic rings. The summed E-state index contributed by atoms with van der Waals surface area (Å²) in [5.74, 6) is 3.57. The van der Waals surface area contributed by atoms with Gasteiger partial charge in [-0.05, 0) is 32.6 Å². The van der Waals surface area contributed by atoms with E-state index in [1.807, 2.05) is 18.7 Å². The average Bonchev–Trinajstić information content (AvgIpc) is 3.35. The highest BCUT2D eigenvalue weighted by atomic mass is 127. The van der Waals surface area contributed by atoms with Crippen molar-refractivity contribution in [2.24, 2.45) is 16.3 Å². The molecule has 150 valence electrons. The Morgan fingerprint density at radius 3 is 2.85 bits per heavy atom. The lowest BCUT2D eigenvalue weighted by atomic mass is 9.54. The molecule has 0 amide bonds. The zero-order chi connectivity index (χ0) is 17.7. The molecule has 3 heterocycles. The highest BCUT2D eigenvalue weighted by Crippen LogP contribution is 2.60. The number of hydrogen-bond acceptors (Lipinski definition) is 4. The maximum absolute atomic E-state index is 6.11. The van der Waals surface area contributed by atoms with E-state index in [9.17, 15) is 0 Å². The molecule has 27 heavy (non-hydrogen) atoms. The number of halogens is 1. The number of fused-ring (bicyclic) bond motifs is 3. The van der Waals surface area contributed by atoms with Gasteiger partial charge in [0.1, 0.15) is 11.6 Å². The topological polar surface area (TPSA) is 76.4 Å². The summed E-state index contributed by atoms with van der Waals surface area (Å²) in [5, 5.41) is 12.0. The van der Waals surface area contributed by atoms with Gasteiger partial charge in [-0.2, -0.15) is 5.10 Å². The molecule has 2 aliphatic heterocycles. The van der Waals surface area contributed by atoms with E-state index in [1.54, 1.807) is 0 Å². The number of hydrogen-bond donors (Lipinski definition) is 2. The molecular formula is C19H31IN6O. The van der Waals surface area contributed by atoms with Crippen LogP contribution in [0.15, 0.2) is 4.99 Å². The Bertz CT molecular complexity index is 713. The van der Waals surface area contributed by atoms with Gasteiger partial charge in [0, 0.05) is 43.5 Å². The van der Waals surface area contributed by atoms with Crippen LogP contribution in [0.4, 0.5) is 0 Å². The van der Waals surface area contributed by atoms with Crippen LogP contribution in [0.1, 0.15) is 50.2 Å². The third-order valence-electron chi connectivity index (χ3n) is 7.11. The summed E-state index contributed by atoms with van der Waals surface area (Å²) in [4.78, 5) is 9.05. The third kappa shape index (κ3) is 3.16. The SMILES string of the molecule is CN=C(NC1CCc2nc(C)nn2C1)NC1C2CCOC2C12CCCC2.I. The van der Waals surface area contributed by atoms with Crippen LogP contribution in [0.3, 0.4) is 0 Å². The molecule has 4 unspecified atom stereocenters. The number of guanidine groups is 1. The Morgan fingerprint density at radius 2 is 2.07 bits per heavy atom. The normalized spacial score (nSPS) is 33.8. The van der Waals surface area contributed by atoms with Crippen molar-refractivity contribution in [2.45, 2.75) is 76.6 Å². The molecule has 2 N–H and O–H groups in total. The van der Waals surface area contributed by atoms with Crippen molar-refractivity contribution in [1.82, 2.24) is 25.4 Å². The number of aliphatic imine (C=N–C) groups is 1. The highest BCUT2D eigenvalue weighted by Gasteiger charge is 2.65. The molecule has 8 heteroatoms. The summed E-state index contributed by atoms with van der Waals surface area (Å²) in [6, 6.07) is 0.862. The zero-order valence-corrected chi connectivity index (χ0v) is 18.6. The van der Waals surface area contributed by atoms with E-state index in [2.05, 4.69) is 25.7 Å². The second-order valence-corrected chi connectivity index (χ2v) is 8.52. The summed E-state index contributed by atoms with van der Waals surface area (Å²) in [6.45, 7) is 3.76. The van der Waals surface area contributed by atoms with Gasteiger partial charge in [0.15, 0.2) is 5.96 Å². The molecule has 0 bridgehead atoms. The van der Waals surface area contributed by atoms with Crippen molar-refractivity contribution in [1.29, 1.82) is 0 Å². The lowest BCUT2D eigenvalue weighted by Gasteiger charge is -2.57. The minimum absolute atomic E-state index is 0. The zero-order valence-electron chi connectivity index (χ0n) is 16.3. The Morgan fingerprint density at radius 1 is 1.26 bits per heavy atom. The number of aromatic nitrogens is 3. The lowest BCUT2D eigenvalue weighted by molar-refractivity contribution is -0.125. The summed E-state index contributed by atoms with van der Waals surface area (Å²) < 4.78 is 8.16. The molecule has 4 atom stereocenters. The fourth-order valence-electron chi connectivity index (χ4n) is 5.97. The van der Waals surface area contributed by atoms with Gasteiger partial charge in [0.25, 0.3) is 0 Å². The van der Waals surface area contributed by atoms with Crippen molar-refractivity contribution in [3.05, 3.63) is 11.6 Å². The standard InChI is InChI=1S/C19H30N6O.HI/c1-12-21-15-6-5-13(11-25(15)24-12)22-18(20-2)23-16-14-7-10-26-17(14)19(16)8-3-4-9-19;/h13-14,16-17H,3-11H2,1-2H3,(H2,20,22,23);1H. The van der Waals surface area contributed by atoms with Gasteiger partial charge < -0.3 is 15.4 Å². The minimum Gasteiger partial charge on any atom is -0.377 e. The second kappa shape index (κ2) is 7.50. The largest absolute Gasteiger partial charge is 0.377 e. The first-order valence-electron chi connectivity index (χ1n) is 10.2. The fourth-order valence-corrected chi connectivity index (χ4v) is 5.97. The number of aryl methyl sites for hydroxylation is 2. The quantitative estimate of drug-likeness (QED) is 0.380. The molecule has 5 rings (SSSR count). The van der Waals surface area contributed by atoms with Crippen LogP contribution in [0.25, 0.3) is 0 Å². The smallest absolute Gasteiger partial charge is 0.191 e. The van der Waals surface area contributed by atoms with E-state index < -0.39 is 0 Å². The maximum Gasteiger partial charge on any atom is 0.191 e. The average molecular weight is 486 g/mol. The van der Waals surface area contributed by atoms with E-state index in [0.29, 0.717) is 29.5 Å². The van der Waals surface area contributed by atoms with Crippen LogP contribution in [-0.4, -0.2) is 52.6 Å². The van der Waals surface area contributed by atoms with E-state index in [0.717, 1.165) is 43.6 Å². The predicted molar refractivity (Wildman–Crippen MR) is 114 cm³/mol. The van der Waals surface area contributed by atoms with Gasteiger partial charge in [0.05, 0.1) is 12.6 Å². The number of nitrogens with one attached hydrogen (secondary N) is 2. The van der Waals surface area contributed by atoms with Gasteiger partial charge in [0.2, 0.25) is 0 Å². The molecule has 1 aromatic heterocycles. The van der Waals surface area contributed by atoms with Crippen LogP contribution in [0, 0.1) is 18.3 Å². The fraction of sp³-hybridized carbons (Fsp3) is 0.842. The van der Waals surface area contributed by atoms with E-state index in [-0.39, 0.29) is 24.0 Å². The van der Waals surface area contributed by atoms with E-state index in [4.69, 9.17) is 4.74 Å². The van der Waals surface area contributed by atoms with Gasteiger partial charge in [-0.25, -0.2) is 9.67 Å². The van der Waals surface area contributed by atoms with Gasteiger partial charge >= 0.3 is 0 Å². The first-order chi connectivity index (χ1) is 12.7. The number of rotatable bonds is 2. The molecule has 0 radical (unpaired) electrons. The van der Waals surface area contributed by atoms with E-state index in [1.165, 1.54) is 32.1 Å². The monoisotopic (exact) mass is 486 g/mol. The summed E-state index contributed by atoms with van der Waals surface area (Å²) in [7, 11) is 1.88. The van der Waals surface area contributed by atoms with Crippen LogP contribution in [-0.2, 0) is 17.7 Å². The maximum atomic E-state index is 6.11. The first kappa shape index (κ1) is 19.4. The van der Waals surface area contributed by atoms with Crippen LogP contribution >= 0.6 is 24.0 Å². The van der Waals surface area contributed by atoms with Gasteiger partial charge in [-0.15, -0.1) is 24.0 Å². The summed E-state index contributed by atoms with van der Waals surface area (Å²) >= 11 is 0.